The lowest BCUT2D eigenvalue weighted by atomic mass is 9.89. The van der Waals surface area contributed by atoms with Gasteiger partial charge in [0, 0.05) is 18.5 Å². The fourth-order valence-electron chi connectivity index (χ4n) is 3.03. The smallest absolute Gasteiger partial charge is 0.141 e. The highest BCUT2D eigenvalue weighted by molar-refractivity contribution is 7.19. The summed E-state index contributed by atoms with van der Waals surface area (Å²) in [6.45, 7) is 4.98. The van der Waals surface area contributed by atoms with Gasteiger partial charge in [0.1, 0.15) is 16.5 Å². The maximum absolute atomic E-state index is 8.80. The zero-order valence-corrected chi connectivity index (χ0v) is 13.6. The minimum Gasteiger partial charge on any atom is -0.358 e. The van der Waals surface area contributed by atoms with Gasteiger partial charge in [-0.15, -0.1) is 11.3 Å². The van der Waals surface area contributed by atoms with E-state index < -0.39 is 0 Å². The van der Waals surface area contributed by atoms with E-state index >= 15 is 0 Å². The third kappa shape index (κ3) is 2.60. The lowest BCUT2D eigenvalue weighted by Crippen LogP contribution is -2.20. The predicted octanol–water partition coefficient (Wildman–Crippen LogP) is 3.47. The van der Waals surface area contributed by atoms with Gasteiger partial charge in [-0.25, -0.2) is 9.97 Å². The second-order valence-electron chi connectivity index (χ2n) is 5.96. The molecule has 21 heavy (non-hydrogen) atoms. The monoisotopic (exact) mass is 300 g/mol. The number of nitrogens with zero attached hydrogens (tertiary/aromatic N) is 4. The van der Waals surface area contributed by atoms with Crippen LogP contribution >= 0.6 is 11.3 Å². The molecule has 110 valence electrons. The van der Waals surface area contributed by atoms with E-state index in [0.29, 0.717) is 13.0 Å². The largest absolute Gasteiger partial charge is 0.358 e. The van der Waals surface area contributed by atoms with Gasteiger partial charge >= 0.3 is 0 Å². The van der Waals surface area contributed by atoms with Crippen LogP contribution in [0, 0.1) is 24.2 Å². The molecule has 0 saturated carbocycles. The number of hydrogen-bond donors (Lipinski definition) is 0. The Kier molecular flexibility index (Phi) is 3.81. The lowest BCUT2D eigenvalue weighted by molar-refractivity contribution is 0.509. The molecule has 0 fully saturated rings. The highest BCUT2D eigenvalue weighted by Gasteiger charge is 2.24. The van der Waals surface area contributed by atoms with E-state index in [0.717, 1.165) is 35.2 Å². The summed E-state index contributed by atoms with van der Waals surface area (Å²) in [4.78, 5) is 14.0. The van der Waals surface area contributed by atoms with E-state index in [9.17, 15) is 0 Å². The molecule has 5 heteroatoms. The summed E-state index contributed by atoms with van der Waals surface area (Å²) >= 11 is 1.83. The first-order valence-electron chi connectivity index (χ1n) is 7.47. The van der Waals surface area contributed by atoms with Gasteiger partial charge in [0.2, 0.25) is 0 Å². The number of hydrogen-bond acceptors (Lipinski definition) is 5. The molecule has 1 aliphatic carbocycles. The van der Waals surface area contributed by atoms with Gasteiger partial charge < -0.3 is 4.90 Å². The van der Waals surface area contributed by atoms with Crippen molar-refractivity contribution in [3.63, 3.8) is 0 Å². The summed E-state index contributed by atoms with van der Waals surface area (Å²) < 4.78 is 0. The first-order chi connectivity index (χ1) is 10.1. The van der Waals surface area contributed by atoms with Gasteiger partial charge in [-0.3, -0.25) is 0 Å². The van der Waals surface area contributed by atoms with E-state index in [1.54, 1.807) is 0 Å². The van der Waals surface area contributed by atoms with E-state index in [1.807, 2.05) is 25.3 Å². The molecule has 1 atom stereocenters. The molecule has 0 bridgehead atoms. The lowest BCUT2D eigenvalue weighted by Gasteiger charge is -2.21. The molecule has 0 spiro atoms. The Morgan fingerprint density at radius 2 is 2.24 bits per heavy atom. The van der Waals surface area contributed by atoms with Gasteiger partial charge in [-0.2, -0.15) is 5.26 Å². The van der Waals surface area contributed by atoms with Crippen molar-refractivity contribution in [2.24, 2.45) is 5.92 Å². The molecule has 4 nitrogen and oxygen atoms in total. The molecule has 0 aromatic carbocycles. The molecule has 0 amide bonds. The fourth-order valence-corrected chi connectivity index (χ4v) is 4.45. The molecular weight excluding hydrogens is 280 g/mol. The van der Waals surface area contributed by atoms with Crippen molar-refractivity contribution >= 4 is 27.4 Å². The Balaban J connectivity index is 2.13. The number of nitriles is 1. The Hall–Kier alpha value is -1.67. The van der Waals surface area contributed by atoms with E-state index in [-0.39, 0.29) is 0 Å². The zero-order chi connectivity index (χ0) is 15.0. The van der Waals surface area contributed by atoms with Crippen molar-refractivity contribution in [3.8, 4) is 6.07 Å². The van der Waals surface area contributed by atoms with Crippen molar-refractivity contribution in [2.45, 2.75) is 39.5 Å². The summed E-state index contributed by atoms with van der Waals surface area (Å²) in [7, 11) is 2.02. The van der Waals surface area contributed by atoms with Crippen LogP contribution in [0.25, 0.3) is 10.2 Å². The normalized spacial score (nSPS) is 17.5. The summed E-state index contributed by atoms with van der Waals surface area (Å²) in [6.07, 6.45) is 4.05. The summed E-state index contributed by atoms with van der Waals surface area (Å²) in [5, 5.41) is 10.0. The molecule has 1 unspecified atom stereocenters. The first kappa shape index (κ1) is 14.3. The van der Waals surface area contributed by atoms with Crippen LogP contribution in [-0.2, 0) is 12.8 Å². The maximum Gasteiger partial charge on any atom is 0.141 e. The molecule has 0 radical (unpaired) electrons. The molecule has 3 rings (SSSR count). The van der Waals surface area contributed by atoms with Crippen LogP contribution in [0.1, 0.15) is 36.0 Å². The van der Waals surface area contributed by atoms with Gasteiger partial charge in [0.25, 0.3) is 0 Å². The number of anilines is 1. The second kappa shape index (κ2) is 5.61. The molecule has 1 aliphatic rings. The molecule has 0 aliphatic heterocycles. The molecule has 2 aromatic rings. The fraction of sp³-hybridized carbons (Fsp3) is 0.562. The Bertz CT molecular complexity index is 713. The van der Waals surface area contributed by atoms with Crippen LogP contribution in [-0.4, -0.2) is 23.6 Å². The zero-order valence-electron chi connectivity index (χ0n) is 12.8. The molecule has 0 saturated heterocycles. The van der Waals surface area contributed by atoms with Crippen LogP contribution in [0.4, 0.5) is 5.82 Å². The van der Waals surface area contributed by atoms with E-state index in [4.69, 9.17) is 5.26 Å². The minimum atomic E-state index is 0.518. The molecule has 2 heterocycles. The number of thiophene rings is 1. The van der Waals surface area contributed by atoms with Gasteiger partial charge in [0.05, 0.1) is 17.9 Å². The quantitative estimate of drug-likeness (QED) is 0.871. The molecular formula is C16H20N4S. The molecule has 2 aromatic heterocycles. The van der Waals surface area contributed by atoms with Crippen molar-refractivity contribution in [1.29, 1.82) is 5.26 Å². The van der Waals surface area contributed by atoms with Crippen LogP contribution in [0.3, 0.4) is 0 Å². The Labute approximate surface area is 129 Å². The summed E-state index contributed by atoms with van der Waals surface area (Å²) in [6, 6.07) is 2.21. The van der Waals surface area contributed by atoms with E-state index in [2.05, 4.69) is 27.9 Å². The summed E-state index contributed by atoms with van der Waals surface area (Å²) in [5.41, 5.74) is 1.45. The average Bonchev–Trinajstić information content (AvgIpc) is 2.80. The van der Waals surface area contributed by atoms with Crippen molar-refractivity contribution < 1.29 is 0 Å². The Morgan fingerprint density at radius 1 is 1.43 bits per heavy atom. The highest BCUT2D eigenvalue weighted by atomic mass is 32.1. The van der Waals surface area contributed by atoms with E-state index in [1.165, 1.54) is 22.2 Å². The number of fused-ring (bicyclic) bond motifs is 3. The summed E-state index contributed by atoms with van der Waals surface area (Å²) in [5.74, 6) is 2.58. The third-order valence-corrected chi connectivity index (χ3v) is 5.32. The minimum absolute atomic E-state index is 0.518. The standard InChI is InChI=1S/C16H20N4S/c1-10-5-6-12-13(9-10)21-16-14(12)15(18-11(2)19-16)20(3)8-4-7-17/h10H,4-6,8-9H2,1-3H3. The van der Waals surface area contributed by atoms with Crippen molar-refractivity contribution in [3.05, 3.63) is 16.3 Å². The van der Waals surface area contributed by atoms with Crippen molar-refractivity contribution in [2.75, 3.05) is 18.5 Å². The first-order valence-corrected chi connectivity index (χ1v) is 8.28. The number of aromatic nitrogens is 2. The second-order valence-corrected chi connectivity index (χ2v) is 7.04. The van der Waals surface area contributed by atoms with Crippen LogP contribution in [0.15, 0.2) is 0 Å². The number of rotatable bonds is 3. The van der Waals surface area contributed by atoms with Gasteiger partial charge in [-0.05, 0) is 37.7 Å². The van der Waals surface area contributed by atoms with Crippen LogP contribution in [0.2, 0.25) is 0 Å². The highest BCUT2D eigenvalue weighted by Crippen LogP contribution is 2.40. The Morgan fingerprint density at radius 3 is 3.00 bits per heavy atom. The van der Waals surface area contributed by atoms with Gasteiger partial charge in [-0.1, -0.05) is 6.92 Å². The maximum atomic E-state index is 8.80. The SMILES string of the molecule is Cc1nc(N(C)CCC#N)c2c3c(sc2n1)CC(C)CC3. The van der Waals surface area contributed by atoms with Gasteiger partial charge in [0.15, 0.2) is 0 Å². The van der Waals surface area contributed by atoms with Crippen molar-refractivity contribution in [1.82, 2.24) is 9.97 Å². The average molecular weight is 300 g/mol. The number of aryl methyl sites for hydroxylation is 2. The molecule has 0 N–H and O–H groups in total. The third-order valence-electron chi connectivity index (χ3n) is 4.17. The van der Waals surface area contributed by atoms with Crippen LogP contribution in [0.5, 0.6) is 0 Å². The topological polar surface area (TPSA) is 52.8 Å². The van der Waals surface area contributed by atoms with Crippen LogP contribution < -0.4 is 4.90 Å². The predicted molar refractivity (Wildman–Crippen MR) is 86.8 cm³/mol.